The minimum atomic E-state index is -0.362. The molecule has 2 aromatic heterocycles. The molecule has 0 fully saturated rings. The van der Waals surface area contributed by atoms with Crippen LogP contribution in [0.25, 0.3) is 5.82 Å². The van der Waals surface area contributed by atoms with Crippen molar-refractivity contribution in [3.8, 4) is 5.82 Å². The van der Waals surface area contributed by atoms with E-state index in [0.717, 1.165) is 22.6 Å². The third-order valence-electron chi connectivity index (χ3n) is 3.40. The summed E-state index contributed by atoms with van der Waals surface area (Å²) in [6.45, 7) is 5.83. The number of anilines is 2. The van der Waals surface area contributed by atoms with Crippen molar-refractivity contribution >= 4 is 17.5 Å². The van der Waals surface area contributed by atoms with Gasteiger partial charge in [-0.05, 0) is 44.5 Å². The average molecular weight is 322 g/mol. The van der Waals surface area contributed by atoms with Gasteiger partial charge in [-0.3, -0.25) is 5.32 Å². The fourth-order valence-electron chi connectivity index (χ4n) is 2.39. The Balaban J connectivity index is 1.75. The fraction of sp³-hybridized carbons (Fsp3) is 0.176. The standard InChI is InChI=1S/C17H18N6O/c1-11-5-4-6-14(7-11)20-17(24)21-15-9-16(19-10-18-15)23-13(3)8-12(2)22-23/h4-10H,1-3H3,(H2,18,19,20,21,24). The van der Waals surface area contributed by atoms with Gasteiger partial charge in [0.25, 0.3) is 0 Å². The topological polar surface area (TPSA) is 84.7 Å². The predicted molar refractivity (Wildman–Crippen MR) is 92.4 cm³/mol. The zero-order chi connectivity index (χ0) is 17.1. The third kappa shape index (κ3) is 3.57. The van der Waals surface area contributed by atoms with Crippen LogP contribution in [-0.2, 0) is 0 Å². The molecule has 0 radical (unpaired) electrons. The van der Waals surface area contributed by atoms with Gasteiger partial charge in [0, 0.05) is 17.4 Å². The van der Waals surface area contributed by atoms with Crippen molar-refractivity contribution in [1.29, 1.82) is 0 Å². The first-order chi connectivity index (χ1) is 11.5. The minimum Gasteiger partial charge on any atom is -0.308 e. The Bertz CT molecular complexity index is 886. The van der Waals surface area contributed by atoms with Gasteiger partial charge in [-0.25, -0.2) is 19.4 Å². The molecule has 2 N–H and O–H groups in total. The molecule has 3 rings (SSSR count). The van der Waals surface area contributed by atoms with Crippen molar-refractivity contribution in [2.24, 2.45) is 0 Å². The van der Waals surface area contributed by atoms with Gasteiger partial charge in [0.15, 0.2) is 5.82 Å². The lowest BCUT2D eigenvalue weighted by atomic mass is 10.2. The maximum Gasteiger partial charge on any atom is 0.324 e. The number of amides is 2. The lowest BCUT2D eigenvalue weighted by Gasteiger charge is -2.09. The van der Waals surface area contributed by atoms with E-state index in [1.165, 1.54) is 6.33 Å². The van der Waals surface area contributed by atoms with Crippen LogP contribution in [0.15, 0.2) is 42.7 Å². The fourth-order valence-corrected chi connectivity index (χ4v) is 2.39. The second kappa shape index (κ2) is 6.49. The summed E-state index contributed by atoms with van der Waals surface area (Å²) in [5.74, 6) is 0.999. The molecule has 0 unspecified atom stereocenters. The van der Waals surface area contributed by atoms with Gasteiger partial charge in [0.05, 0.1) is 5.69 Å². The molecule has 1 aromatic carbocycles. The van der Waals surface area contributed by atoms with Crippen LogP contribution in [0.5, 0.6) is 0 Å². The molecule has 0 aliphatic rings. The van der Waals surface area contributed by atoms with Crippen molar-refractivity contribution in [1.82, 2.24) is 19.7 Å². The number of aryl methyl sites for hydroxylation is 3. The number of hydrogen-bond donors (Lipinski definition) is 2. The van der Waals surface area contributed by atoms with Crippen molar-refractivity contribution in [2.75, 3.05) is 10.6 Å². The molecule has 122 valence electrons. The number of nitrogens with one attached hydrogen (secondary N) is 2. The van der Waals surface area contributed by atoms with E-state index in [1.54, 1.807) is 10.7 Å². The van der Waals surface area contributed by atoms with E-state index < -0.39 is 0 Å². The van der Waals surface area contributed by atoms with Crippen LogP contribution in [-0.4, -0.2) is 25.8 Å². The third-order valence-corrected chi connectivity index (χ3v) is 3.40. The molecular weight excluding hydrogens is 304 g/mol. The molecule has 0 saturated heterocycles. The number of aromatic nitrogens is 4. The van der Waals surface area contributed by atoms with Gasteiger partial charge >= 0.3 is 6.03 Å². The summed E-state index contributed by atoms with van der Waals surface area (Å²) in [6, 6.07) is 10.8. The van der Waals surface area contributed by atoms with E-state index in [0.29, 0.717) is 11.6 Å². The van der Waals surface area contributed by atoms with Gasteiger partial charge < -0.3 is 5.32 Å². The Labute approximate surface area is 139 Å². The Morgan fingerprint density at radius 2 is 1.88 bits per heavy atom. The van der Waals surface area contributed by atoms with Crippen molar-refractivity contribution in [3.63, 3.8) is 0 Å². The zero-order valence-corrected chi connectivity index (χ0v) is 13.7. The maximum absolute atomic E-state index is 12.1. The number of benzene rings is 1. The number of rotatable bonds is 3. The highest BCUT2D eigenvalue weighted by Crippen LogP contribution is 2.13. The van der Waals surface area contributed by atoms with Crippen LogP contribution < -0.4 is 10.6 Å². The smallest absolute Gasteiger partial charge is 0.308 e. The second-order valence-corrected chi connectivity index (χ2v) is 5.55. The second-order valence-electron chi connectivity index (χ2n) is 5.55. The average Bonchev–Trinajstić information content (AvgIpc) is 2.86. The molecule has 0 bridgehead atoms. The van der Waals surface area contributed by atoms with Gasteiger partial charge in [-0.1, -0.05) is 12.1 Å². The van der Waals surface area contributed by atoms with E-state index in [9.17, 15) is 4.79 Å². The maximum atomic E-state index is 12.1. The highest BCUT2D eigenvalue weighted by Gasteiger charge is 2.09. The van der Waals surface area contributed by atoms with E-state index in [-0.39, 0.29) is 6.03 Å². The molecule has 0 saturated carbocycles. The van der Waals surface area contributed by atoms with E-state index >= 15 is 0 Å². The van der Waals surface area contributed by atoms with Gasteiger partial charge in [-0.15, -0.1) is 0 Å². The Hall–Kier alpha value is -3.22. The number of carbonyl (C=O) groups is 1. The van der Waals surface area contributed by atoms with Crippen LogP contribution in [0.1, 0.15) is 17.0 Å². The number of nitrogens with zero attached hydrogens (tertiary/aromatic N) is 4. The summed E-state index contributed by atoms with van der Waals surface area (Å²) in [7, 11) is 0. The molecule has 7 nitrogen and oxygen atoms in total. The highest BCUT2D eigenvalue weighted by molar-refractivity contribution is 5.99. The van der Waals surface area contributed by atoms with Crippen molar-refractivity contribution in [2.45, 2.75) is 20.8 Å². The quantitative estimate of drug-likeness (QED) is 0.775. The van der Waals surface area contributed by atoms with E-state index in [2.05, 4.69) is 25.7 Å². The highest BCUT2D eigenvalue weighted by atomic mass is 16.2. The van der Waals surface area contributed by atoms with E-state index in [1.807, 2.05) is 51.1 Å². The molecule has 2 heterocycles. The van der Waals surface area contributed by atoms with E-state index in [4.69, 9.17) is 0 Å². The van der Waals surface area contributed by atoms with Crippen LogP contribution in [0.3, 0.4) is 0 Å². The summed E-state index contributed by atoms with van der Waals surface area (Å²) in [5, 5.41) is 9.85. The van der Waals surface area contributed by atoms with Crippen LogP contribution in [0, 0.1) is 20.8 Å². The van der Waals surface area contributed by atoms with Crippen LogP contribution in [0.4, 0.5) is 16.3 Å². The molecule has 0 aliphatic heterocycles. The van der Waals surface area contributed by atoms with Crippen LogP contribution in [0.2, 0.25) is 0 Å². The molecule has 7 heteroatoms. The molecule has 24 heavy (non-hydrogen) atoms. The van der Waals surface area contributed by atoms with Gasteiger partial charge in [0.2, 0.25) is 0 Å². The number of urea groups is 1. The number of hydrogen-bond acceptors (Lipinski definition) is 4. The summed E-state index contributed by atoms with van der Waals surface area (Å²) in [4.78, 5) is 20.4. The normalized spacial score (nSPS) is 10.5. The first-order valence-electron chi connectivity index (χ1n) is 7.51. The number of carbonyl (C=O) groups excluding carboxylic acids is 1. The lowest BCUT2D eigenvalue weighted by Crippen LogP contribution is -2.20. The molecule has 0 spiro atoms. The Morgan fingerprint density at radius 3 is 2.58 bits per heavy atom. The molecular formula is C17H18N6O. The Morgan fingerprint density at radius 1 is 1.04 bits per heavy atom. The predicted octanol–water partition coefficient (Wildman–Crippen LogP) is 3.23. The largest absolute Gasteiger partial charge is 0.324 e. The zero-order valence-electron chi connectivity index (χ0n) is 13.7. The van der Waals surface area contributed by atoms with Crippen molar-refractivity contribution in [3.05, 3.63) is 59.7 Å². The molecule has 0 aliphatic carbocycles. The summed E-state index contributed by atoms with van der Waals surface area (Å²) >= 11 is 0. The summed E-state index contributed by atoms with van der Waals surface area (Å²) < 4.78 is 1.71. The monoisotopic (exact) mass is 322 g/mol. The summed E-state index contributed by atoms with van der Waals surface area (Å²) in [6.07, 6.45) is 1.40. The lowest BCUT2D eigenvalue weighted by molar-refractivity contribution is 0.262. The molecule has 0 atom stereocenters. The van der Waals surface area contributed by atoms with Gasteiger partial charge in [-0.2, -0.15) is 5.10 Å². The Kier molecular flexibility index (Phi) is 4.24. The first-order valence-corrected chi connectivity index (χ1v) is 7.51. The van der Waals surface area contributed by atoms with Crippen LogP contribution >= 0.6 is 0 Å². The summed E-state index contributed by atoms with van der Waals surface area (Å²) in [5.41, 5.74) is 3.65. The molecule has 3 aromatic rings. The first kappa shape index (κ1) is 15.7. The SMILES string of the molecule is Cc1cccc(NC(=O)Nc2cc(-n3nc(C)cc3C)ncn2)c1. The van der Waals surface area contributed by atoms with Crippen molar-refractivity contribution < 1.29 is 4.79 Å². The molecule has 2 amide bonds. The minimum absolute atomic E-state index is 0.362. The van der Waals surface area contributed by atoms with Gasteiger partial charge in [0.1, 0.15) is 12.1 Å².